The van der Waals surface area contributed by atoms with Crippen molar-refractivity contribution in [3.63, 3.8) is 0 Å². The van der Waals surface area contributed by atoms with Crippen molar-refractivity contribution in [1.29, 1.82) is 0 Å². The van der Waals surface area contributed by atoms with E-state index in [9.17, 15) is 32.3 Å². The molecule has 2 amide bonds. The highest BCUT2D eigenvalue weighted by Crippen LogP contribution is 2.25. The number of Topliss-reactive ketones (excluding diaryl/α,β-unsaturated/α-hetero) is 1. The summed E-state index contributed by atoms with van der Waals surface area (Å²) in [5.41, 5.74) is 0.467. The van der Waals surface area contributed by atoms with Crippen LogP contribution in [0.2, 0.25) is 0 Å². The Labute approximate surface area is 157 Å². The van der Waals surface area contributed by atoms with E-state index in [1.807, 2.05) is 5.32 Å². The standard InChI is InChI=1S/C17H17F3N2O6/c1-9-7-22(8-10-2-4-11(5-3-10)28-17(18,19)20)16(27)13(14(9)25)15(26)21-6-12(23)24/h2-5,9,13H,6-8H2,1H3,(H,21,26)(H,23,24). The van der Waals surface area contributed by atoms with Crippen molar-refractivity contribution in [1.82, 2.24) is 10.2 Å². The molecule has 2 atom stereocenters. The zero-order valence-electron chi connectivity index (χ0n) is 14.7. The molecule has 1 aromatic carbocycles. The van der Waals surface area contributed by atoms with Crippen LogP contribution in [0.1, 0.15) is 12.5 Å². The summed E-state index contributed by atoms with van der Waals surface area (Å²) >= 11 is 0. The number of hydrogen-bond acceptors (Lipinski definition) is 5. The van der Waals surface area contributed by atoms with Gasteiger partial charge in [0, 0.05) is 19.0 Å². The lowest BCUT2D eigenvalue weighted by molar-refractivity contribution is -0.274. The zero-order valence-corrected chi connectivity index (χ0v) is 14.7. The van der Waals surface area contributed by atoms with Crippen LogP contribution in [0.15, 0.2) is 24.3 Å². The van der Waals surface area contributed by atoms with Crippen LogP contribution >= 0.6 is 0 Å². The van der Waals surface area contributed by atoms with Crippen LogP contribution < -0.4 is 10.1 Å². The van der Waals surface area contributed by atoms with Gasteiger partial charge in [0.15, 0.2) is 11.7 Å². The van der Waals surface area contributed by atoms with E-state index in [2.05, 4.69) is 4.74 Å². The number of ether oxygens (including phenoxy) is 1. The van der Waals surface area contributed by atoms with Gasteiger partial charge in [-0.15, -0.1) is 13.2 Å². The van der Waals surface area contributed by atoms with E-state index in [0.29, 0.717) is 5.56 Å². The molecule has 0 aromatic heterocycles. The number of carbonyl (C=O) groups is 4. The minimum Gasteiger partial charge on any atom is -0.480 e. The van der Waals surface area contributed by atoms with E-state index in [1.165, 1.54) is 24.0 Å². The average Bonchev–Trinajstić information content (AvgIpc) is 2.58. The Morgan fingerprint density at radius 1 is 1.25 bits per heavy atom. The van der Waals surface area contributed by atoms with E-state index in [0.717, 1.165) is 12.1 Å². The first-order valence-corrected chi connectivity index (χ1v) is 8.14. The molecular formula is C17H17F3N2O6. The third kappa shape index (κ3) is 5.44. The lowest BCUT2D eigenvalue weighted by atomic mass is 9.87. The van der Waals surface area contributed by atoms with Crippen molar-refractivity contribution in [2.45, 2.75) is 19.8 Å². The molecule has 0 saturated carbocycles. The molecule has 28 heavy (non-hydrogen) atoms. The van der Waals surface area contributed by atoms with Gasteiger partial charge in [-0.3, -0.25) is 19.2 Å². The number of alkyl halides is 3. The number of aliphatic carboxylic acids is 1. The van der Waals surface area contributed by atoms with Gasteiger partial charge in [-0.1, -0.05) is 19.1 Å². The maximum Gasteiger partial charge on any atom is 0.573 e. The topological polar surface area (TPSA) is 113 Å². The van der Waals surface area contributed by atoms with Gasteiger partial charge in [-0.05, 0) is 17.7 Å². The number of nitrogens with one attached hydrogen (secondary N) is 1. The first kappa shape index (κ1) is 21.2. The summed E-state index contributed by atoms with van der Waals surface area (Å²) in [5.74, 6) is -6.46. The van der Waals surface area contributed by atoms with Gasteiger partial charge in [0.1, 0.15) is 12.3 Å². The Balaban J connectivity index is 2.10. The summed E-state index contributed by atoms with van der Waals surface area (Å²) in [6.45, 7) is 0.789. The van der Waals surface area contributed by atoms with Gasteiger partial charge in [0.05, 0.1) is 0 Å². The molecule has 152 valence electrons. The number of carbonyl (C=O) groups excluding carboxylic acids is 3. The lowest BCUT2D eigenvalue weighted by Gasteiger charge is -2.34. The Bertz CT molecular complexity index is 778. The number of benzene rings is 1. The highest BCUT2D eigenvalue weighted by atomic mass is 19.4. The number of rotatable bonds is 6. The number of halogens is 3. The molecule has 0 aliphatic carbocycles. The first-order chi connectivity index (χ1) is 13.0. The molecule has 11 heteroatoms. The van der Waals surface area contributed by atoms with Gasteiger partial charge in [-0.2, -0.15) is 0 Å². The van der Waals surface area contributed by atoms with Crippen LogP contribution in [-0.2, 0) is 25.7 Å². The summed E-state index contributed by atoms with van der Waals surface area (Å²) in [5, 5.41) is 10.6. The summed E-state index contributed by atoms with van der Waals surface area (Å²) in [6.07, 6.45) is -4.82. The molecule has 1 saturated heterocycles. The van der Waals surface area contributed by atoms with E-state index in [4.69, 9.17) is 5.11 Å². The Morgan fingerprint density at radius 3 is 2.39 bits per heavy atom. The summed E-state index contributed by atoms with van der Waals surface area (Å²) < 4.78 is 40.4. The number of amides is 2. The second kappa shape index (κ2) is 8.28. The third-order valence-electron chi connectivity index (χ3n) is 4.03. The molecule has 1 heterocycles. The molecule has 1 aliphatic rings. The Kier molecular flexibility index (Phi) is 6.26. The van der Waals surface area contributed by atoms with Crippen molar-refractivity contribution in [3.8, 4) is 5.75 Å². The molecule has 8 nitrogen and oxygen atoms in total. The normalized spacial score (nSPS) is 20.1. The van der Waals surface area contributed by atoms with E-state index >= 15 is 0 Å². The van der Waals surface area contributed by atoms with Crippen molar-refractivity contribution in [2.75, 3.05) is 13.1 Å². The van der Waals surface area contributed by atoms with E-state index < -0.39 is 54.1 Å². The summed E-state index contributed by atoms with van der Waals surface area (Å²) in [6, 6.07) is 4.83. The zero-order chi connectivity index (χ0) is 21.1. The van der Waals surface area contributed by atoms with Crippen LogP contribution in [0.3, 0.4) is 0 Å². The summed E-state index contributed by atoms with van der Waals surface area (Å²) in [7, 11) is 0. The number of piperidine rings is 1. The fraction of sp³-hybridized carbons (Fsp3) is 0.412. The number of carboxylic acids is 1. The molecule has 0 bridgehead atoms. The van der Waals surface area contributed by atoms with Gasteiger partial charge in [-0.25, -0.2) is 0 Å². The van der Waals surface area contributed by atoms with Crippen molar-refractivity contribution in [3.05, 3.63) is 29.8 Å². The van der Waals surface area contributed by atoms with Crippen molar-refractivity contribution >= 4 is 23.6 Å². The van der Waals surface area contributed by atoms with Crippen molar-refractivity contribution < 1.29 is 42.2 Å². The largest absolute Gasteiger partial charge is 0.573 e. The number of carboxylic acid groups (broad SMARTS) is 1. The fourth-order valence-electron chi connectivity index (χ4n) is 2.76. The number of nitrogens with zero attached hydrogens (tertiary/aromatic N) is 1. The van der Waals surface area contributed by atoms with Crippen LogP contribution in [0.25, 0.3) is 0 Å². The molecule has 0 radical (unpaired) electrons. The second-order valence-electron chi connectivity index (χ2n) is 6.26. The van der Waals surface area contributed by atoms with Gasteiger partial charge in [0.25, 0.3) is 0 Å². The number of likely N-dealkylation sites (tertiary alicyclic amines) is 1. The second-order valence-corrected chi connectivity index (χ2v) is 6.26. The number of hydrogen-bond donors (Lipinski definition) is 2. The lowest BCUT2D eigenvalue weighted by Crippen LogP contribution is -2.55. The summed E-state index contributed by atoms with van der Waals surface area (Å²) in [4.78, 5) is 48.6. The molecule has 0 spiro atoms. The SMILES string of the molecule is CC1CN(Cc2ccc(OC(F)(F)F)cc2)C(=O)C(C(=O)NCC(=O)O)C1=O. The van der Waals surface area contributed by atoms with Crippen LogP contribution in [0.5, 0.6) is 5.75 Å². The minimum atomic E-state index is -4.82. The molecular weight excluding hydrogens is 385 g/mol. The monoisotopic (exact) mass is 402 g/mol. The molecule has 2 unspecified atom stereocenters. The van der Waals surface area contributed by atoms with Crippen LogP contribution in [0.4, 0.5) is 13.2 Å². The van der Waals surface area contributed by atoms with Crippen LogP contribution in [0, 0.1) is 11.8 Å². The third-order valence-corrected chi connectivity index (χ3v) is 4.03. The van der Waals surface area contributed by atoms with Gasteiger partial charge in [0.2, 0.25) is 11.8 Å². The number of ketones is 1. The minimum absolute atomic E-state index is 0.0289. The van der Waals surface area contributed by atoms with Gasteiger partial charge >= 0.3 is 12.3 Å². The highest BCUT2D eigenvalue weighted by Gasteiger charge is 2.44. The van der Waals surface area contributed by atoms with Crippen LogP contribution in [-0.4, -0.2) is 53.0 Å². The smallest absolute Gasteiger partial charge is 0.480 e. The van der Waals surface area contributed by atoms with E-state index in [1.54, 1.807) is 0 Å². The first-order valence-electron chi connectivity index (χ1n) is 8.14. The average molecular weight is 402 g/mol. The molecule has 1 aliphatic heterocycles. The maximum atomic E-state index is 12.5. The molecule has 1 aromatic rings. The Morgan fingerprint density at radius 2 is 1.86 bits per heavy atom. The predicted molar refractivity (Wildman–Crippen MR) is 86.8 cm³/mol. The molecule has 2 N–H and O–H groups in total. The predicted octanol–water partition coefficient (Wildman–Crippen LogP) is 0.950. The quantitative estimate of drug-likeness (QED) is 0.685. The van der Waals surface area contributed by atoms with Gasteiger partial charge < -0.3 is 20.1 Å². The molecule has 2 rings (SSSR count). The fourth-order valence-corrected chi connectivity index (χ4v) is 2.76. The molecule has 1 fully saturated rings. The van der Waals surface area contributed by atoms with Crippen molar-refractivity contribution in [2.24, 2.45) is 11.8 Å². The van der Waals surface area contributed by atoms with E-state index in [-0.39, 0.29) is 13.1 Å². The highest BCUT2D eigenvalue weighted by molar-refractivity contribution is 6.20. The maximum absolute atomic E-state index is 12.5. The Hall–Kier alpha value is -3.11.